The van der Waals surface area contributed by atoms with E-state index in [0.717, 1.165) is 73.0 Å². The lowest BCUT2D eigenvalue weighted by Gasteiger charge is -2.30. The van der Waals surface area contributed by atoms with Crippen LogP contribution in [0.4, 0.5) is 0 Å². The van der Waals surface area contributed by atoms with Gasteiger partial charge in [0.1, 0.15) is 6.54 Å². The van der Waals surface area contributed by atoms with Crippen LogP contribution in [-0.2, 0) is 19.6 Å². The average Bonchev–Trinajstić information content (AvgIpc) is 3.59. The van der Waals surface area contributed by atoms with E-state index in [0.29, 0.717) is 24.7 Å². The lowest BCUT2D eigenvalue weighted by molar-refractivity contribution is -0.138. The fraction of sp³-hybridized carbons (Fsp3) is 0.262. The molecule has 1 N–H and O–H groups in total. The van der Waals surface area contributed by atoms with Crippen molar-refractivity contribution >= 4 is 75.2 Å². The van der Waals surface area contributed by atoms with Gasteiger partial charge in [-0.1, -0.05) is 180 Å². The van der Waals surface area contributed by atoms with Crippen molar-refractivity contribution in [1.82, 2.24) is 9.57 Å². The van der Waals surface area contributed by atoms with Crippen molar-refractivity contribution < 1.29 is 19.3 Å². The number of aryl methyl sites for hydroxylation is 1. The molecule has 0 heterocycles. The number of carboxylic acid groups (broad SMARTS) is 1. The summed E-state index contributed by atoms with van der Waals surface area (Å²) < 4.78 is 14.9. The Morgan fingerprint density at radius 3 is 2.40 bits per heavy atom. The molecule has 0 radical (unpaired) electrons. The monoisotopic (exact) mass is 970 g/mol. The molecule has 0 saturated heterocycles. The van der Waals surface area contributed by atoms with Crippen molar-refractivity contribution in [1.29, 1.82) is 0 Å². The summed E-state index contributed by atoms with van der Waals surface area (Å²) in [5.74, 6) is -0.948. The van der Waals surface area contributed by atoms with E-state index in [9.17, 15) is 19.3 Å². The van der Waals surface area contributed by atoms with Crippen molar-refractivity contribution in [3.8, 4) is 0 Å². The third kappa shape index (κ3) is 9.11. The second kappa shape index (κ2) is 20.2. The average molecular weight is 971 g/mol. The third-order valence-corrected chi connectivity index (χ3v) is 17.3. The number of hydrogen-bond donors (Lipinski definition) is 1. The van der Waals surface area contributed by atoms with Crippen LogP contribution in [0.25, 0.3) is 49.5 Å². The summed E-state index contributed by atoms with van der Waals surface area (Å²) in [4.78, 5) is 26.0. The number of benzene rings is 5. The van der Waals surface area contributed by atoms with Crippen LogP contribution in [0.5, 0.6) is 0 Å². The molecule has 0 aliphatic heterocycles. The summed E-state index contributed by atoms with van der Waals surface area (Å²) in [6.45, 7) is 22.9. The predicted octanol–water partition coefficient (Wildman–Crippen LogP) is 14.7. The number of carbonyl (C=O) groups excluding carboxylic acids is 1. The van der Waals surface area contributed by atoms with Gasteiger partial charge in [-0.05, 0) is 164 Å². The second-order valence-corrected chi connectivity index (χ2v) is 22.6. The molecule has 72 heavy (non-hydrogen) atoms. The van der Waals surface area contributed by atoms with Crippen LogP contribution in [0.3, 0.4) is 0 Å². The Kier molecular flexibility index (Phi) is 14.0. The van der Waals surface area contributed by atoms with Crippen molar-refractivity contribution in [3.63, 3.8) is 0 Å². The topological polar surface area (TPSA) is 77.9 Å². The van der Waals surface area contributed by atoms with Crippen molar-refractivity contribution in [3.05, 3.63) is 213 Å². The van der Waals surface area contributed by atoms with Gasteiger partial charge in [-0.15, -0.1) is 0 Å². The molecule has 1 amide bonds. The zero-order valence-electron chi connectivity index (χ0n) is 43.1. The summed E-state index contributed by atoms with van der Waals surface area (Å²) in [7, 11) is -2.94. The first-order chi connectivity index (χ1) is 34.6. The third-order valence-electron chi connectivity index (χ3n) is 15.6. The van der Waals surface area contributed by atoms with Crippen LogP contribution in [0.15, 0.2) is 186 Å². The molecule has 0 bridgehead atoms. The molecule has 0 saturated carbocycles. The first kappa shape index (κ1) is 50.0. The van der Waals surface area contributed by atoms with Gasteiger partial charge in [-0.2, -0.15) is 0 Å². The van der Waals surface area contributed by atoms with E-state index < -0.39 is 20.5 Å². The lowest BCUT2D eigenvalue weighted by atomic mass is 9.76. The van der Waals surface area contributed by atoms with Gasteiger partial charge in [0.25, 0.3) is 0 Å². The maximum Gasteiger partial charge on any atom is 0.323 e. The Hall–Kier alpha value is -7.01. The van der Waals surface area contributed by atoms with E-state index >= 15 is 0 Å². The van der Waals surface area contributed by atoms with Crippen molar-refractivity contribution in [2.75, 3.05) is 13.1 Å². The number of rotatable bonds is 13. The molecule has 2 unspecified atom stereocenters. The number of allylic oxidation sites excluding steroid dienone is 18. The van der Waals surface area contributed by atoms with Crippen molar-refractivity contribution in [2.24, 2.45) is 11.3 Å². The van der Waals surface area contributed by atoms with Crippen LogP contribution in [0.2, 0.25) is 0 Å². The molecule has 366 valence electrons. The zero-order valence-corrected chi connectivity index (χ0v) is 44.1. The van der Waals surface area contributed by atoms with Crippen LogP contribution in [0, 0.1) is 18.3 Å². The molecule has 0 spiro atoms. The number of carbonyl (C=O) groups is 2. The molecular formula is C65H67N2O4P. The number of carboxylic acids is 1. The molecule has 9 rings (SSSR count). The fourth-order valence-corrected chi connectivity index (χ4v) is 13.2. The second-order valence-electron chi connectivity index (χ2n) is 20.8. The maximum atomic E-state index is 14.0. The Balaban J connectivity index is 1.07. The van der Waals surface area contributed by atoms with E-state index in [2.05, 4.69) is 187 Å². The number of hydrogen-bond acceptors (Lipinski definition) is 4. The normalized spacial score (nSPS) is 21.0. The highest BCUT2D eigenvalue weighted by atomic mass is 31.1. The molecule has 4 aliphatic carbocycles. The summed E-state index contributed by atoms with van der Waals surface area (Å²) >= 11 is 0. The van der Waals surface area contributed by atoms with Gasteiger partial charge < -0.3 is 10.0 Å². The minimum atomic E-state index is -2.94. The highest BCUT2D eigenvalue weighted by molar-refractivity contribution is 7.52. The number of aliphatic carboxylic acids is 1. The standard InChI is InChI=1S/C65H67N2O4P/c1-10-45(39-46-19-17-23-52-55-33-34-59(72(71)66(41-68)40-60(69)70)61-43(4)28-32-54(63(55)61)53-24-18-22-50(46)62(52)53)30-29-44(5)67(38-36-58-48(11-2)51-21-15-16-26-57(51)65(58,8)9)47-31-27-42(3)49-20-13-12-14-25-56(49)64(6,7)37-35-47/h10-16,18-19,21-36,41-42,72H,5,17,20,37-40H2,1-4,6-9H3,(H,69,70)/b30-29-,31-27-,45-10+,47-35+,48-11-,58-36+. The van der Waals surface area contributed by atoms with Crippen LogP contribution >= 0.6 is 7.95 Å². The van der Waals surface area contributed by atoms with Gasteiger partial charge in [0.15, 0.2) is 7.95 Å². The molecular weight excluding hydrogens is 904 g/mol. The van der Waals surface area contributed by atoms with E-state index in [-0.39, 0.29) is 16.7 Å². The predicted molar refractivity (Wildman–Crippen MR) is 304 cm³/mol. The number of amides is 1. The summed E-state index contributed by atoms with van der Waals surface area (Å²) in [5, 5.41) is 17.2. The number of nitrogens with zero attached hydrogens (tertiary/aromatic N) is 2. The van der Waals surface area contributed by atoms with Gasteiger partial charge in [0.05, 0.1) is 0 Å². The van der Waals surface area contributed by atoms with Crippen LogP contribution < -0.4 is 10.5 Å². The minimum absolute atomic E-state index is 0.0756. The van der Waals surface area contributed by atoms with Gasteiger partial charge >= 0.3 is 5.97 Å². The first-order valence-electron chi connectivity index (χ1n) is 25.4. The van der Waals surface area contributed by atoms with Crippen LogP contribution in [-0.4, -0.2) is 40.1 Å². The van der Waals surface area contributed by atoms with Gasteiger partial charge in [0, 0.05) is 28.7 Å². The van der Waals surface area contributed by atoms with E-state index in [1.165, 1.54) is 55.5 Å². The van der Waals surface area contributed by atoms with E-state index in [1.54, 1.807) is 0 Å². The lowest BCUT2D eigenvalue weighted by Crippen LogP contribution is -2.25. The van der Waals surface area contributed by atoms with Crippen molar-refractivity contribution in [2.45, 2.75) is 86.5 Å². The highest BCUT2D eigenvalue weighted by Crippen LogP contribution is 2.50. The molecule has 4 aliphatic rings. The molecule has 5 aromatic carbocycles. The molecule has 0 aromatic heterocycles. The molecule has 0 fully saturated rings. The Labute approximate surface area is 426 Å². The molecule has 2 atom stereocenters. The summed E-state index contributed by atoms with van der Waals surface area (Å²) in [6.07, 6.45) is 35.7. The number of fused-ring (bicyclic) bond motifs is 3. The molecule has 6 nitrogen and oxygen atoms in total. The largest absolute Gasteiger partial charge is 0.480 e. The molecule has 7 heteroatoms. The highest BCUT2D eigenvalue weighted by Gasteiger charge is 2.37. The summed E-state index contributed by atoms with van der Waals surface area (Å²) in [6, 6.07) is 23.4. The van der Waals surface area contributed by atoms with Gasteiger partial charge in [0.2, 0.25) is 6.41 Å². The smallest absolute Gasteiger partial charge is 0.323 e. The quantitative estimate of drug-likeness (QED) is 0.0418. The van der Waals surface area contributed by atoms with Gasteiger partial charge in [-0.3, -0.25) is 18.8 Å². The van der Waals surface area contributed by atoms with E-state index in [4.69, 9.17) is 6.58 Å². The first-order valence-corrected chi connectivity index (χ1v) is 26.7. The summed E-state index contributed by atoms with van der Waals surface area (Å²) in [5.41, 5.74) is 14.5. The Bertz CT molecular complexity index is 3500. The van der Waals surface area contributed by atoms with E-state index in [1.807, 2.05) is 25.1 Å². The van der Waals surface area contributed by atoms with Crippen LogP contribution in [0.1, 0.15) is 96.4 Å². The van der Waals surface area contributed by atoms with Gasteiger partial charge in [-0.25, -0.2) is 0 Å². The zero-order chi connectivity index (χ0) is 51.1. The SMILES string of the molecule is C=C(/C=C\C(=C/C)CC1=CCC=c2c3ccc([PH](=O)N(C=O)CC(=O)O)c4c(C)ccc(c5cccc1c25)c43)N(C/C=C1\C(=C/C)c2ccccc2C1(C)C)C1=C/CC(C)(C)C2=C(CC=CC=C2)C(C)/C=C\1. The Morgan fingerprint density at radius 1 is 0.875 bits per heavy atom. The Morgan fingerprint density at radius 2 is 1.64 bits per heavy atom. The molecule has 5 aromatic rings. The fourth-order valence-electron chi connectivity index (χ4n) is 11.8. The maximum absolute atomic E-state index is 14.0. The minimum Gasteiger partial charge on any atom is -0.480 e.